The van der Waals surface area contributed by atoms with Crippen LogP contribution in [0.1, 0.15) is 43.6 Å². The maximum absolute atomic E-state index is 15.0. The number of fused-ring (bicyclic) bond motifs is 3. The van der Waals surface area contributed by atoms with Crippen molar-refractivity contribution in [1.82, 2.24) is 9.58 Å². The zero-order chi connectivity index (χ0) is 25.7. The number of aldehydes is 1. The Morgan fingerprint density at radius 1 is 1.14 bits per heavy atom. The van der Waals surface area contributed by atoms with Gasteiger partial charge in [0.2, 0.25) is 5.43 Å². The fourth-order valence-corrected chi connectivity index (χ4v) is 5.59. The Morgan fingerprint density at radius 3 is 2.61 bits per heavy atom. The van der Waals surface area contributed by atoms with Crippen LogP contribution in [0.5, 0.6) is 5.75 Å². The fourth-order valence-electron chi connectivity index (χ4n) is 4.47. The van der Waals surface area contributed by atoms with Gasteiger partial charge in [-0.05, 0) is 29.3 Å². The van der Waals surface area contributed by atoms with E-state index in [9.17, 15) is 28.7 Å². The second kappa shape index (κ2) is 8.76. The largest absolute Gasteiger partial charge is 0.502 e. The highest BCUT2D eigenvalue weighted by molar-refractivity contribution is 7.98. The van der Waals surface area contributed by atoms with E-state index >= 15 is 4.39 Å². The molecule has 3 heterocycles. The predicted octanol–water partition coefficient (Wildman–Crippen LogP) is 3.10. The number of carbonyl (C=O) groups is 3. The topological polar surface area (TPSA) is 99.9 Å². The van der Waals surface area contributed by atoms with Crippen molar-refractivity contribution >= 4 is 29.9 Å². The molecule has 0 saturated heterocycles. The molecule has 182 valence electrons. The maximum Gasteiger partial charge on any atom is 0.284 e. The summed E-state index contributed by atoms with van der Waals surface area (Å²) in [6, 6.07) is 8.60. The van der Waals surface area contributed by atoms with Gasteiger partial charge in [-0.1, -0.05) is 30.8 Å². The third-order valence-electron chi connectivity index (χ3n) is 6.18. The number of nitrogens with zero attached hydrogens (tertiary/aromatic N) is 3. The molecule has 1 N–H and O–H groups in total. The molecule has 2 aromatic carbocycles. The highest BCUT2D eigenvalue weighted by Crippen LogP contribution is 2.44. The molecule has 0 aliphatic carbocycles. The summed E-state index contributed by atoms with van der Waals surface area (Å²) in [6.45, 7) is 3.00. The molecule has 2 amide bonds. The van der Waals surface area contributed by atoms with Gasteiger partial charge in [-0.2, -0.15) is 0 Å². The number of amides is 2. The second-order valence-corrected chi connectivity index (χ2v) is 9.10. The molecular formula is C25H17F2N3O5S. The number of imide groups is 1. The van der Waals surface area contributed by atoms with Crippen molar-refractivity contribution in [2.45, 2.75) is 16.7 Å². The number of carbonyl (C=O) groups excluding carboxylic acids is 3. The van der Waals surface area contributed by atoms with Crippen LogP contribution in [0.4, 0.5) is 8.78 Å². The second-order valence-electron chi connectivity index (χ2n) is 8.09. The summed E-state index contributed by atoms with van der Waals surface area (Å²) in [5.74, 6) is -4.74. The normalized spacial score (nSPS) is 16.5. The smallest absolute Gasteiger partial charge is 0.284 e. The number of hydrogen-bond acceptors (Lipinski definition) is 7. The molecule has 0 bridgehead atoms. The Labute approximate surface area is 207 Å². The van der Waals surface area contributed by atoms with Gasteiger partial charge in [0.15, 0.2) is 29.4 Å². The number of halogens is 2. The zero-order valence-electron chi connectivity index (χ0n) is 18.5. The molecule has 0 spiro atoms. The number of aromatic nitrogens is 1. The maximum atomic E-state index is 15.0. The molecule has 0 saturated carbocycles. The van der Waals surface area contributed by atoms with Crippen LogP contribution in [-0.4, -0.2) is 39.5 Å². The van der Waals surface area contributed by atoms with Gasteiger partial charge < -0.3 is 5.11 Å². The molecule has 8 nitrogen and oxygen atoms in total. The summed E-state index contributed by atoms with van der Waals surface area (Å²) in [6.07, 6.45) is 2.22. The van der Waals surface area contributed by atoms with Gasteiger partial charge in [0.05, 0.1) is 11.6 Å². The number of thioether (sulfide) groups is 1. The number of pyridine rings is 1. The van der Waals surface area contributed by atoms with Crippen molar-refractivity contribution in [3.05, 3.63) is 105 Å². The lowest BCUT2D eigenvalue weighted by molar-refractivity contribution is -0.124. The highest BCUT2D eigenvalue weighted by atomic mass is 32.2. The van der Waals surface area contributed by atoms with Gasteiger partial charge in [-0.15, -0.1) is 11.8 Å². The summed E-state index contributed by atoms with van der Waals surface area (Å²) in [7, 11) is 0. The standard InChI is InChI=1S/C25H17F2N3O5S/c1-2-19(32)28-12-30(29-9-13(10-31)23(33)24(34)22(29)25(28)35)21-14-7-8-17(26)20(27)16(14)11-36-18-6-4-3-5-15(18)21/h2-10,21,34H,1,11-12H2. The van der Waals surface area contributed by atoms with Crippen LogP contribution in [0.3, 0.4) is 0 Å². The van der Waals surface area contributed by atoms with Crippen molar-refractivity contribution in [2.75, 3.05) is 11.7 Å². The lowest BCUT2D eigenvalue weighted by Crippen LogP contribution is -2.57. The molecule has 0 fully saturated rings. The monoisotopic (exact) mass is 509 g/mol. The summed E-state index contributed by atoms with van der Waals surface area (Å²) >= 11 is 1.29. The molecule has 1 unspecified atom stereocenters. The first kappa shape index (κ1) is 23.5. The quantitative estimate of drug-likeness (QED) is 0.428. The van der Waals surface area contributed by atoms with Crippen molar-refractivity contribution in [1.29, 1.82) is 0 Å². The zero-order valence-corrected chi connectivity index (χ0v) is 19.3. The van der Waals surface area contributed by atoms with Crippen molar-refractivity contribution in [2.24, 2.45) is 0 Å². The number of hydrogen-bond donors (Lipinski definition) is 1. The minimum absolute atomic E-state index is 0.0853. The number of benzene rings is 2. The van der Waals surface area contributed by atoms with Crippen molar-refractivity contribution in [3.8, 4) is 5.75 Å². The van der Waals surface area contributed by atoms with E-state index in [2.05, 4.69) is 6.58 Å². The number of aromatic hydroxyl groups is 1. The minimum atomic E-state index is -1.08. The van der Waals surface area contributed by atoms with E-state index < -0.39 is 58.6 Å². The van der Waals surface area contributed by atoms with E-state index in [-0.39, 0.29) is 17.6 Å². The minimum Gasteiger partial charge on any atom is -0.502 e. The third kappa shape index (κ3) is 3.42. The van der Waals surface area contributed by atoms with Crippen LogP contribution in [0, 0.1) is 11.6 Å². The third-order valence-corrected chi connectivity index (χ3v) is 7.30. The molecular weight excluding hydrogens is 492 g/mol. The van der Waals surface area contributed by atoms with Crippen LogP contribution in [-0.2, 0) is 10.5 Å². The van der Waals surface area contributed by atoms with Crippen molar-refractivity contribution in [3.63, 3.8) is 0 Å². The Balaban J connectivity index is 1.86. The summed E-state index contributed by atoms with van der Waals surface area (Å²) < 4.78 is 30.3. The molecule has 2 aliphatic rings. The van der Waals surface area contributed by atoms with Gasteiger partial charge in [-0.3, -0.25) is 33.8 Å². The number of rotatable bonds is 3. The Morgan fingerprint density at radius 2 is 1.89 bits per heavy atom. The summed E-state index contributed by atoms with van der Waals surface area (Å²) in [4.78, 5) is 51.4. The first-order chi connectivity index (χ1) is 17.3. The van der Waals surface area contributed by atoms with E-state index in [1.54, 1.807) is 24.3 Å². The van der Waals surface area contributed by atoms with E-state index in [1.807, 2.05) is 0 Å². The molecule has 2 aliphatic heterocycles. The predicted molar refractivity (Wildman–Crippen MR) is 126 cm³/mol. The van der Waals surface area contributed by atoms with Crippen LogP contribution in [0.25, 0.3) is 0 Å². The van der Waals surface area contributed by atoms with Gasteiger partial charge in [-0.25, -0.2) is 8.78 Å². The van der Waals surface area contributed by atoms with Crippen LogP contribution in [0.2, 0.25) is 0 Å². The van der Waals surface area contributed by atoms with Gasteiger partial charge in [0.1, 0.15) is 6.67 Å². The molecule has 3 aromatic rings. The fraction of sp³-hybridized carbons (Fsp3) is 0.120. The molecule has 5 rings (SSSR count). The van der Waals surface area contributed by atoms with Crippen LogP contribution < -0.4 is 10.4 Å². The molecule has 0 radical (unpaired) electrons. The van der Waals surface area contributed by atoms with Crippen LogP contribution >= 0.6 is 11.8 Å². The first-order valence-electron chi connectivity index (χ1n) is 10.7. The molecule has 36 heavy (non-hydrogen) atoms. The van der Waals surface area contributed by atoms with Crippen LogP contribution in [0.15, 0.2) is 64.9 Å². The summed E-state index contributed by atoms with van der Waals surface area (Å²) in [5.41, 5.74) is -0.984. The average molecular weight is 509 g/mol. The Bertz CT molecular complexity index is 1540. The first-order valence-corrected chi connectivity index (χ1v) is 11.6. The van der Waals surface area contributed by atoms with Gasteiger partial charge >= 0.3 is 0 Å². The van der Waals surface area contributed by atoms with E-state index in [1.165, 1.54) is 22.8 Å². The lowest BCUT2D eigenvalue weighted by atomic mass is 9.93. The highest BCUT2D eigenvalue weighted by Gasteiger charge is 2.41. The lowest BCUT2D eigenvalue weighted by Gasteiger charge is -2.43. The SMILES string of the molecule is C=CC(=O)N1CN(C2c3ccccc3SCc3c2ccc(F)c3F)n2cc(C=O)c(=O)c(O)c2C1=O. The van der Waals surface area contributed by atoms with Crippen molar-refractivity contribution < 1.29 is 28.3 Å². The molecule has 1 aromatic heterocycles. The Hall–Kier alpha value is -4.25. The van der Waals surface area contributed by atoms with E-state index in [0.717, 1.165) is 32.8 Å². The molecule has 1 atom stereocenters. The average Bonchev–Trinajstić information content (AvgIpc) is 3.05. The van der Waals surface area contributed by atoms with Gasteiger partial charge in [0.25, 0.3) is 11.8 Å². The summed E-state index contributed by atoms with van der Waals surface area (Å²) in [5, 5.41) is 12.1. The molecule has 11 heteroatoms. The van der Waals surface area contributed by atoms with Gasteiger partial charge in [0, 0.05) is 22.4 Å². The Kier molecular flexibility index (Phi) is 5.71. The van der Waals surface area contributed by atoms with E-state index in [0.29, 0.717) is 11.1 Å². The van der Waals surface area contributed by atoms with E-state index in [4.69, 9.17) is 0 Å².